The topological polar surface area (TPSA) is 43.0 Å². The molecule has 2 aromatic rings. The zero-order valence-corrected chi connectivity index (χ0v) is 9.68. The lowest BCUT2D eigenvalue weighted by Gasteiger charge is -2.17. The summed E-state index contributed by atoms with van der Waals surface area (Å²) in [7, 11) is 2.01. The molecule has 1 unspecified atom stereocenters. The number of imidazole rings is 1. The molecule has 4 heteroatoms. The minimum absolute atomic E-state index is 0.253. The van der Waals surface area contributed by atoms with Crippen molar-refractivity contribution in [2.24, 2.45) is 7.05 Å². The highest BCUT2D eigenvalue weighted by Crippen LogP contribution is 2.17. The Kier molecular flexibility index (Phi) is 3.41. The van der Waals surface area contributed by atoms with Crippen LogP contribution in [-0.2, 0) is 13.5 Å². The number of furan rings is 1. The number of likely N-dealkylation sites (N-methyl/N-ethyl adjacent to an activating group) is 1. The van der Waals surface area contributed by atoms with Gasteiger partial charge in [0.1, 0.15) is 5.76 Å². The van der Waals surface area contributed by atoms with Gasteiger partial charge in [-0.05, 0) is 18.7 Å². The normalized spacial score (nSPS) is 12.9. The van der Waals surface area contributed by atoms with Gasteiger partial charge in [-0.1, -0.05) is 6.92 Å². The van der Waals surface area contributed by atoms with Crippen molar-refractivity contribution in [1.29, 1.82) is 0 Å². The van der Waals surface area contributed by atoms with Crippen LogP contribution >= 0.6 is 0 Å². The highest BCUT2D eigenvalue weighted by Gasteiger charge is 2.15. The molecule has 1 N–H and O–H groups in total. The predicted octanol–water partition coefficient (Wildman–Crippen LogP) is 1.91. The standard InChI is InChI=1S/C12H17N3O/c1-3-14-11(7-10-5-4-6-16-10)12-8-13-9-15(12)2/h4-6,8-9,11,14H,3,7H2,1-2H3. The zero-order valence-electron chi connectivity index (χ0n) is 9.68. The Balaban J connectivity index is 2.14. The Bertz CT molecular complexity index is 419. The molecule has 0 saturated carbocycles. The molecule has 2 heterocycles. The second-order valence-corrected chi connectivity index (χ2v) is 3.82. The molecule has 0 spiro atoms. The van der Waals surface area contributed by atoms with Crippen LogP contribution in [0.15, 0.2) is 35.3 Å². The van der Waals surface area contributed by atoms with E-state index in [1.165, 1.54) is 5.69 Å². The number of hydrogen-bond acceptors (Lipinski definition) is 3. The minimum atomic E-state index is 0.253. The lowest BCUT2D eigenvalue weighted by atomic mass is 10.1. The van der Waals surface area contributed by atoms with Gasteiger partial charge in [-0.25, -0.2) is 4.98 Å². The molecule has 86 valence electrons. The molecular formula is C12H17N3O. The Morgan fingerprint density at radius 1 is 1.56 bits per heavy atom. The molecule has 4 nitrogen and oxygen atoms in total. The number of hydrogen-bond donors (Lipinski definition) is 1. The molecular weight excluding hydrogens is 202 g/mol. The third kappa shape index (κ3) is 2.33. The molecule has 0 saturated heterocycles. The van der Waals surface area contributed by atoms with E-state index >= 15 is 0 Å². The lowest BCUT2D eigenvalue weighted by Crippen LogP contribution is -2.24. The van der Waals surface area contributed by atoms with Gasteiger partial charge in [0, 0.05) is 19.7 Å². The van der Waals surface area contributed by atoms with Crippen molar-refractivity contribution in [3.63, 3.8) is 0 Å². The van der Waals surface area contributed by atoms with Crippen LogP contribution in [0.2, 0.25) is 0 Å². The van der Waals surface area contributed by atoms with Crippen molar-refractivity contribution < 1.29 is 4.42 Å². The van der Waals surface area contributed by atoms with Crippen LogP contribution in [0, 0.1) is 0 Å². The van der Waals surface area contributed by atoms with Gasteiger partial charge in [0.15, 0.2) is 0 Å². The predicted molar refractivity (Wildman–Crippen MR) is 62.0 cm³/mol. The fraction of sp³-hybridized carbons (Fsp3) is 0.417. The molecule has 0 fully saturated rings. The highest BCUT2D eigenvalue weighted by molar-refractivity contribution is 5.10. The Morgan fingerprint density at radius 3 is 3.00 bits per heavy atom. The van der Waals surface area contributed by atoms with Crippen molar-refractivity contribution in [1.82, 2.24) is 14.9 Å². The van der Waals surface area contributed by atoms with Gasteiger partial charge in [-0.15, -0.1) is 0 Å². The Morgan fingerprint density at radius 2 is 2.44 bits per heavy atom. The average molecular weight is 219 g/mol. The van der Waals surface area contributed by atoms with Crippen LogP contribution in [0.4, 0.5) is 0 Å². The molecule has 0 bridgehead atoms. The van der Waals surface area contributed by atoms with E-state index < -0.39 is 0 Å². The molecule has 2 rings (SSSR count). The number of aromatic nitrogens is 2. The van der Waals surface area contributed by atoms with Gasteiger partial charge in [-0.2, -0.15) is 0 Å². The molecule has 1 atom stereocenters. The van der Waals surface area contributed by atoms with Crippen LogP contribution in [0.25, 0.3) is 0 Å². The maximum atomic E-state index is 5.38. The minimum Gasteiger partial charge on any atom is -0.469 e. The first-order chi connectivity index (χ1) is 7.81. The summed E-state index contributed by atoms with van der Waals surface area (Å²) in [5.41, 5.74) is 1.18. The van der Waals surface area contributed by atoms with Gasteiger partial charge in [0.05, 0.1) is 24.3 Å². The second-order valence-electron chi connectivity index (χ2n) is 3.82. The van der Waals surface area contributed by atoms with Crippen LogP contribution in [-0.4, -0.2) is 16.1 Å². The SMILES string of the molecule is CCNC(Cc1ccco1)c1cncn1C. The van der Waals surface area contributed by atoms with Crippen LogP contribution < -0.4 is 5.32 Å². The molecule has 0 radical (unpaired) electrons. The third-order valence-corrected chi connectivity index (χ3v) is 2.65. The van der Waals surface area contributed by atoms with E-state index in [0.29, 0.717) is 0 Å². The van der Waals surface area contributed by atoms with Crippen molar-refractivity contribution in [3.05, 3.63) is 42.4 Å². The smallest absolute Gasteiger partial charge is 0.105 e. The first-order valence-corrected chi connectivity index (χ1v) is 5.53. The highest BCUT2D eigenvalue weighted by atomic mass is 16.3. The molecule has 0 aliphatic carbocycles. The van der Waals surface area contributed by atoms with Crippen LogP contribution in [0.3, 0.4) is 0 Å². The van der Waals surface area contributed by atoms with Crippen molar-refractivity contribution in [3.8, 4) is 0 Å². The summed E-state index contributed by atoms with van der Waals surface area (Å²) in [6.07, 6.45) is 6.28. The number of aryl methyl sites for hydroxylation is 1. The van der Waals surface area contributed by atoms with E-state index in [-0.39, 0.29) is 6.04 Å². The molecule has 0 aliphatic rings. The maximum Gasteiger partial charge on any atom is 0.105 e. The van der Waals surface area contributed by atoms with Crippen molar-refractivity contribution in [2.75, 3.05) is 6.54 Å². The summed E-state index contributed by atoms with van der Waals surface area (Å²) < 4.78 is 7.42. The molecule has 16 heavy (non-hydrogen) atoms. The van der Waals surface area contributed by atoms with E-state index in [0.717, 1.165) is 18.7 Å². The van der Waals surface area contributed by atoms with Crippen LogP contribution in [0.1, 0.15) is 24.4 Å². The largest absolute Gasteiger partial charge is 0.469 e. The second kappa shape index (κ2) is 4.99. The summed E-state index contributed by atoms with van der Waals surface area (Å²) >= 11 is 0. The number of nitrogens with zero attached hydrogens (tertiary/aromatic N) is 2. The Hall–Kier alpha value is -1.55. The Labute approximate surface area is 95.3 Å². The first-order valence-electron chi connectivity index (χ1n) is 5.53. The van der Waals surface area contributed by atoms with Gasteiger partial charge < -0.3 is 14.3 Å². The summed E-state index contributed by atoms with van der Waals surface area (Å²) in [6.45, 7) is 3.03. The van der Waals surface area contributed by atoms with Gasteiger partial charge in [0.2, 0.25) is 0 Å². The fourth-order valence-corrected chi connectivity index (χ4v) is 1.86. The summed E-state index contributed by atoms with van der Waals surface area (Å²) in [5.74, 6) is 0.993. The molecule has 0 aromatic carbocycles. The number of nitrogens with one attached hydrogen (secondary N) is 1. The molecule has 0 amide bonds. The van der Waals surface area contributed by atoms with E-state index in [1.54, 1.807) is 6.26 Å². The monoisotopic (exact) mass is 219 g/mol. The van der Waals surface area contributed by atoms with E-state index in [1.807, 2.05) is 36.3 Å². The zero-order chi connectivity index (χ0) is 11.4. The van der Waals surface area contributed by atoms with E-state index in [9.17, 15) is 0 Å². The summed E-state index contributed by atoms with van der Waals surface area (Å²) in [5, 5.41) is 3.44. The molecule has 0 aliphatic heterocycles. The third-order valence-electron chi connectivity index (χ3n) is 2.65. The van der Waals surface area contributed by atoms with Gasteiger partial charge in [0.25, 0.3) is 0 Å². The summed E-state index contributed by atoms with van der Waals surface area (Å²) in [6, 6.07) is 4.17. The quantitative estimate of drug-likeness (QED) is 0.835. The van der Waals surface area contributed by atoms with Crippen molar-refractivity contribution >= 4 is 0 Å². The lowest BCUT2D eigenvalue weighted by molar-refractivity contribution is 0.444. The van der Waals surface area contributed by atoms with Crippen molar-refractivity contribution in [2.45, 2.75) is 19.4 Å². The fourth-order valence-electron chi connectivity index (χ4n) is 1.86. The molecule has 2 aromatic heterocycles. The van der Waals surface area contributed by atoms with E-state index in [4.69, 9.17) is 4.42 Å². The van der Waals surface area contributed by atoms with Crippen LogP contribution in [0.5, 0.6) is 0 Å². The van der Waals surface area contributed by atoms with E-state index in [2.05, 4.69) is 17.2 Å². The number of rotatable bonds is 5. The van der Waals surface area contributed by atoms with Gasteiger partial charge >= 0.3 is 0 Å². The maximum absolute atomic E-state index is 5.38. The van der Waals surface area contributed by atoms with Gasteiger partial charge in [-0.3, -0.25) is 0 Å². The summed E-state index contributed by atoms with van der Waals surface area (Å²) in [4.78, 5) is 4.15. The average Bonchev–Trinajstić information content (AvgIpc) is 2.88. The first kappa shape index (κ1) is 11.0.